The van der Waals surface area contributed by atoms with Crippen LogP contribution in [-0.2, 0) is 4.79 Å². The Morgan fingerprint density at radius 3 is 2.80 bits per heavy atom. The van der Waals surface area contributed by atoms with Gasteiger partial charge in [-0.15, -0.1) is 0 Å². The molecule has 1 fully saturated rings. The molecule has 0 unspecified atom stereocenters. The molecule has 2 N–H and O–H groups in total. The van der Waals surface area contributed by atoms with Crippen LogP contribution in [0.25, 0.3) is 6.08 Å². The second kappa shape index (κ2) is 6.47. The molecule has 2 rings (SSSR count). The highest BCUT2D eigenvalue weighted by molar-refractivity contribution is 8.18. The number of ether oxygens (including phenoxy) is 2. The molecule has 1 aliphatic heterocycles. The smallest absolute Gasteiger partial charge is 0.264 e. The van der Waals surface area contributed by atoms with Crippen LogP contribution in [0.5, 0.6) is 11.5 Å². The average molecular weight is 292 g/mol. The number of thioether (sulfide) groups is 1. The number of carbonyl (C=O) groups excluding carboxylic acids is 1. The normalized spacial score (nSPS) is 16.4. The molecule has 0 radical (unpaired) electrons. The van der Waals surface area contributed by atoms with E-state index < -0.39 is 0 Å². The van der Waals surface area contributed by atoms with Crippen molar-refractivity contribution in [2.24, 2.45) is 0 Å². The minimum absolute atomic E-state index is 0.150. The fourth-order valence-corrected chi connectivity index (χ4v) is 2.40. The van der Waals surface area contributed by atoms with Crippen molar-refractivity contribution in [3.63, 3.8) is 0 Å². The fraction of sp³-hybridized carbons (Fsp3) is 0.286. The number of methoxy groups -OCH3 is 1. The molecule has 1 aromatic carbocycles. The highest BCUT2D eigenvalue weighted by Gasteiger charge is 2.22. The quantitative estimate of drug-likeness (QED) is 0.818. The Balaban J connectivity index is 2.26. The molecular weight excluding hydrogens is 276 g/mol. The van der Waals surface area contributed by atoms with Crippen LogP contribution >= 0.6 is 11.8 Å². The van der Waals surface area contributed by atoms with E-state index in [1.54, 1.807) is 19.3 Å². The zero-order valence-electron chi connectivity index (χ0n) is 11.4. The summed E-state index contributed by atoms with van der Waals surface area (Å²) in [4.78, 5) is 12.1. The van der Waals surface area contributed by atoms with Gasteiger partial charge in [-0.3, -0.25) is 10.2 Å². The monoisotopic (exact) mass is 292 g/mol. The number of nitrogens with one attached hydrogen (secondary N) is 2. The van der Waals surface area contributed by atoms with Crippen LogP contribution in [-0.4, -0.2) is 24.8 Å². The second-order valence-corrected chi connectivity index (χ2v) is 5.20. The highest BCUT2D eigenvalue weighted by atomic mass is 32.2. The molecule has 1 amide bonds. The van der Waals surface area contributed by atoms with E-state index in [0.717, 1.165) is 23.7 Å². The maximum Gasteiger partial charge on any atom is 0.264 e. The van der Waals surface area contributed by atoms with E-state index in [2.05, 4.69) is 5.32 Å². The molecule has 0 atom stereocenters. The van der Waals surface area contributed by atoms with Crippen LogP contribution in [0.1, 0.15) is 18.9 Å². The Morgan fingerprint density at radius 2 is 2.20 bits per heavy atom. The van der Waals surface area contributed by atoms with Gasteiger partial charge in [0.25, 0.3) is 5.91 Å². The molecule has 20 heavy (non-hydrogen) atoms. The molecule has 0 aromatic heterocycles. The van der Waals surface area contributed by atoms with Crippen molar-refractivity contribution in [3.8, 4) is 11.5 Å². The SMILES string of the molecule is CCCOc1cc(/C=C2\SC(=N)NC2=O)ccc1OC. The van der Waals surface area contributed by atoms with Crippen molar-refractivity contribution in [1.82, 2.24) is 5.32 Å². The average Bonchev–Trinajstić information content (AvgIpc) is 2.75. The summed E-state index contributed by atoms with van der Waals surface area (Å²) in [5, 5.41) is 10.0. The third kappa shape index (κ3) is 3.33. The van der Waals surface area contributed by atoms with Gasteiger partial charge in [0.05, 0.1) is 18.6 Å². The summed E-state index contributed by atoms with van der Waals surface area (Å²) < 4.78 is 10.9. The predicted molar refractivity (Wildman–Crippen MR) is 80.2 cm³/mol. The lowest BCUT2D eigenvalue weighted by atomic mass is 10.2. The Bertz CT molecular complexity index is 570. The number of amides is 1. The van der Waals surface area contributed by atoms with E-state index in [4.69, 9.17) is 14.9 Å². The van der Waals surface area contributed by atoms with Crippen molar-refractivity contribution in [2.75, 3.05) is 13.7 Å². The molecule has 0 spiro atoms. The second-order valence-electron chi connectivity index (χ2n) is 4.15. The maximum atomic E-state index is 11.6. The number of amidine groups is 1. The third-order valence-corrected chi connectivity index (χ3v) is 3.44. The van der Waals surface area contributed by atoms with Crippen molar-refractivity contribution in [1.29, 1.82) is 5.41 Å². The first-order chi connectivity index (χ1) is 9.63. The van der Waals surface area contributed by atoms with E-state index in [9.17, 15) is 4.79 Å². The predicted octanol–water partition coefficient (Wildman–Crippen LogP) is 2.62. The van der Waals surface area contributed by atoms with Crippen LogP contribution in [0.15, 0.2) is 23.1 Å². The lowest BCUT2D eigenvalue weighted by Crippen LogP contribution is -2.18. The molecular formula is C14H16N2O3S. The maximum absolute atomic E-state index is 11.6. The van der Waals surface area contributed by atoms with Crippen molar-refractivity contribution in [2.45, 2.75) is 13.3 Å². The number of benzene rings is 1. The minimum Gasteiger partial charge on any atom is -0.493 e. The van der Waals surface area contributed by atoms with Gasteiger partial charge in [0.15, 0.2) is 16.7 Å². The van der Waals surface area contributed by atoms with Gasteiger partial charge >= 0.3 is 0 Å². The first kappa shape index (κ1) is 14.5. The standard InChI is InChI=1S/C14H16N2O3S/c1-3-6-19-11-7-9(4-5-10(11)18-2)8-12-13(17)16-14(15)20-12/h4-5,7-8H,3,6H2,1-2H3,(H2,15,16,17)/b12-8-. The van der Waals surface area contributed by atoms with Crippen molar-refractivity contribution < 1.29 is 14.3 Å². The van der Waals surface area contributed by atoms with Gasteiger partial charge in [-0.25, -0.2) is 0 Å². The summed E-state index contributed by atoms with van der Waals surface area (Å²) >= 11 is 1.11. The third-order valence-electron chi connectivity index (χ3n) is 2.61. The van der Waals surface area contributed by atoms with Crippen LogP contribution in [0, 0.1) is 5.41 Å². The van der Waals surface area contributed by atoms with Gasteiger partial charge in [-0.1, -0.05) is 13.0 Å². The van der Waals surface area contributed by atoms with E-state index in [-0.39, 0.29) is 11.1 Å². The molecule has 0 saturated carbocycles. The molecule has 1 saturated heterocycles. The zero-order chi connectivity index (χ0) is 14.5. The van der Waals surface area contributed by atoms with Crippen molar-refractivity contribution in [3.05, 3.63) is 28.7 Å². The van der Waals surface area contributed by atoms with E-state index in [0.29, 0.717) is 23.0 Å². The zero-order valence-corrected chi connectivity index (χ0v) is 12.2. The van der Waals surface area contributed by atoms with Gasteiger partial charge in [0, 0.05) is 0 Å². The van der Waals surface area contributed by atoms with Gasteiger partial charge < -0.3 is 14.8 Å². The summed E-state index contributed by atoms with van der Waals surface area (Å²) in [6, 6.07) is 5.48. The van der Waals surface area contributed by atoms with E-state index in [1.165, 1.54) is 0 Å². The summed E-state index contributed by atoms with van der Waals surface area (Å²) in [5.41, 5.74) is 0.837. The summed E-state index contributed by atoms with van der Waals surface area (Å²) in [6.45, 7) is 2.64. The van der Waals surface area contributed by atoms with Crippen LogP contribution in [0.2, 0.25) is 0 Å². The minimum atomic E-state index is -0.244. The molecule has 0 bridgehead atoms. The molecule has 6 heteroatoms. The number of carbonyl (C=O) groups is 1. The lowest BCUT2D eigenvalue weighted by Gasteiger charge is -2.10. The van der Waals surface area contributed by atoms with Gasteiger partial charge in [0.1, 0.15) is 0 Å². The highest BCUT2D eigenvalue weighted by Crippen LogP contribution is 2.31. The first-order valence-electron chi connectivity index (χ1n) is 6.24. The lowest BCUT2D eigenvalue weighted by molar-refractivity contribution is -0.115. The molecule has 1 aromatic rings. The van der Waals surface area contributed by atoms with E-state index in [1.807, 2.05) is 19.1 Å². The van der Waals surface area contributed by atoms with Gasteiger partial charge in [0.2, 0.25) is 0 Å². The number of rotatable bonds is 5. The molecule has 106 valence electrons. The number of hydrogen-bond donors (Lipinski definition) is 2. The fourth-order valence-electron chi connectivity index (χ4n) is 1.70. The first-order valence-corrected chi connectivity index (χ1v) is 7.06. The summed E-state index contributed by atoms with van der Waals surface area (Å²) in [7, 11) is 1.59. The number of hydrogen-bond acceptors (Lipinski definition) is 5. The Hall–Kier alpha value is -1.95. The van der Waals surface area contributed by atoms with Crippen LogP contribution in [0.4, 0.5) is 0 Å². The van der Waals surface area contributed by atoms with Crippen molar-refractivity contribution >= 4 is 28.9 Å². The van der Waals surface area contributed by atoms with E-state index >= 15 is 0 Å². The Kier molecular flexibility index (Phi) is 4.68. The Labute approximate surface area is 121 Å². The Morgan fingerprint density at radius 1 is 1.40 bits per heavy atom. The molecule has 1 heterocycles. The van der Waals surface area contributed by atoms with Crippen LogP contribution in [0.3, 0.4) is 0 Å². The molecule has 5 nitrogen and oxygen atoms in total. The van der Waals surface area contributed by atoms with Gasteiger partial charge in [-0.2, -0.15) is 0 Å². The topological polar surface area (TPSA) is 71.4 Å². The molecule has 0 aliphatic carbocycles. The largest absolute Gasteiger partial charge is 0.493 e. The molecule has 1 aliphatic rings. The summed E-state index contributed by atoms with van der Waals surface area (Å²) in [5.74, 6) is 1.07. The van der Waals surface area contributed by atoms with Crippen LogP contribution < -0.4 is 14.8 Å². The summed E-state index contributed by atoms with van der Waals surface area (Å²) in [6.07, 6.45) is 2.64. The van der Waals surface area contributed by atoms with Gasteiger partial charge in [-0.05, 0) is 42.0 Å².